The fourth-order valence-corrected chi connectivity index (χ4v) is 2.13. The van der Waals surface area contributed by atoms with E-state index in [-0.39, 0.29) is 0 Å². The minimum atomic E-state index is 0.398. The summed E-state index contributed by atoms with van der Waals surface area (Å²) in [6, 6.07) is 3.96. The minimum Gasteiger partial charge on any atom is -0.384 e. The zero-order valence-electron chi connectivity index (χ0n) is 9.31. The molecule has 2 N–H and O–H groups in total. The molecule has 1 aliphatic rings. The number of methoxy groups -OCH3 is 1. The smallest absolute Gasteiger partial charge is 0.123 e. The first-order chi connectivity index (χ1) is 7.72. The van der Waals surface area contributed by atoms with E-state index in [0.717, 1.165) is 24.8 Å². The summed E-state index contributed by atoms with van der Waals surface area (Å²) in [6.07, 6.45) is 4.99. The summed E-state index contributed by atoms with van der Waals surface area (Å²) in [5.41, 5.74) is 7.27. The Bertz CT molecular complexity index is 419. The number of nitrogen functional groups attached to an aromatic ring is 1. The van der Waals surface area contributed by atoms with Gasteiger partial charge in [-0.15, -0.1) is 0 Å². The van der Waals surface area contributed by atoms with Gasteiger partial charge in [-0.2, -0.15) is 5.26 Å². The first kappa shape index (κ1) is 10.9. The van der Waals surface area contributed by atoms with E-state index in [1.807, 2.05) is 0 Å². The molecular formula is C12H15N3O. The Labute approximate surface area is 95.0 Å². The summed E-state index contributed by atoms with van der Waals surface area (Å²) in [4.78, 5) is 3.92. The molecule has 0 saturated heterocycles. The normalized spacial score (nSPS) is 23.5. The zero-order chi connectivity index (χ0) is 11.5. The molecule has 0 radical (unpaired) electrons. The number of ether oxygens (including phenoxy) is 1. The maximum atomic E-state index is 8.96. The number of nitrogens with two attached hydrogens (primary N) is 1. The van der Waals surface area contributed by atoms with Crippen LogP contribution >= 0.6 is 0 Å². The second kappa shape index (κ2) is 4.50. The Hall–Kier alpha value is -1.60. The molecular weight excluding hydrogens is 202 g/mol. The van der Waals surface area contributed by atoms with E-state index in [1.165, 1.54) is 0 Å². The average molecular weight is 217 g/mol. The van der Waals surface area contributed by atoms with E-state index in [2.05, 4.69) is 11.1 Å². The molecule has 1 aromatic heterocycles. The van der Waals surface area contributed by atoms with Crippen molar-refractivity contribution < 1.29 is 4.74 Å². The summed E-state index contributed by atoms with van der Waals surface area (Å²) >= 11 is 0. The molecule has 0 spiro atoms. The van der Waals surface area contributed by atoms with Gasteiger partial charge >= 0.3 is 0 Å². The lowest BCUT2D eigenvalue weighted by Gasteiger charge is -2.34. The van der Waals surface area contributed by atoms with Crippen molar-refractivity contribution in [3.05, 3.63) is 23.4 Å². The highest BCUT2D eigenvalue weighted by atomic mass is 16.5. The summed E-state index contributed by atoms with van der Waals surface area (Å²) < 4.78 is 5.23. The van der Waals surface area contributed by atoms with Crippen LogP contribution in [0.2, 0.25) is 0 Å². The third-order valence-electron chi connectivity index (χ3n) is 3.17. The van der Waals surface area contributed by atoms with Gasteiger partial charge in [-0.1, -0.05) is 0 Å². The molecule has 16 heavy (non-hydrogen) atoms. The van der Waals surface area contributed by atoms with Gasteiger partial charge in [-0.25, -0.2) is 4.98 Å². The van der Waals surface area contributed by atoms with E-state index >= 15 is 0 Å². The van der Waals surface area contributed by atoms with E-state index in [1.54, 1.807) is 19.4 Å². The van der Waals surface area contributed by atoms with E-state index in [4.69, 9.17) is 15.7 Å². The molecule has 1 fully saturated rings. The second-order valence-electron chi connectivity index (χ2n) is 4.28. The average Bonchev–Trinajstić information content (AvgIpc) is 2.23. The maximum Gasteiger partial charge on any atom is 0.123 e. The Morgan fingerprint density at radius 3 is 3.00 bits per heavy atom. The Morgan fingerprint density at radius 2 is 2.38 bits per heavy atom. The highest BCUT2D eigenvalue weighted by Gasteiger charge is 2.29. The van der Waals surface area contributed by atoms with Crippen molar-refractivity contribution in [2.45, 2.75) is 25.4 Å². The van der Waals surface area contributed by atoms with Crippen LogP contribution in [0, 0.1) is 17.2 Å². The number of pyridine rings is 1. The van der Waals surface area contributed by atoms with Crippen molar-refractivity contribution in [2.75, 3.05) is 12.8 Å². The van der Waals surface area contributed by atoms with Crippen molar-refractivity contribution in [3.8, 4) is 6.07 Å². The van der Waals surface area contributed by atoms with Crippen LogP contribution in [0.3, 0.4) is 0 Å². The molecule has 4 heteroatoms. The van der Waals surface area contributed by atoms with Gasteiger partial charge < -0.3 is 10.5 Å². The third-order valence-corrected chi connectivity index (χ3v) is 3.17. The van der Waals surface area contributed by atoms with Gasteiger partial charge in [-0.3, -0.25) is 0 Å². The van der Waals surface area contributed by atoms with Gasteiger partial charge in [0.15, 0.2) is 0 Å². The van der Waals surface area contributed by atoms with Crippen LogP contribution in [0.5, 0.6) is 0 Å². The Balaban J connectivity index is 2.04. The lowest BCUT2D eigenvalue weighted by Crippen LogP contribution is -2.31. The van der Waals surface area contributed by atoms with Gasteiger partial charge in [0.1, 0.15) is 11.9 Å². The standard InChI is InChI=1S/C12H15N3O/c1-16-11-3-8(4-11)2-9-5-12(14)15-7-10(9)6-13/h5,7-8,11H,2-4H2,1H3,(H2,14,15). The molecule has 0 unspecified atom stereocenters. The molecule has 2 rings (SSSR count). The highest BCUT2D eigenvalue weighted by Crippen LogP contribution is 2.33. The van der Waals surface area contributed by atoms with Gasteiger partial charge in [0.25, 0.3) is 0 Å². The van der Waals surface area contributed by atoms with Crippen molar-refractivity contribution in [1.82, 2.24) is 4.98 Å². The number of nitriles is 1. The predicted octanol–water partition coefficient (Wildman–Crippen LogP) is 1.50. The van der Waals surface area contributed by atoms with Crippen LogP contribution in [0.25, 0.3) is 0 Å². The maximum absolute atomic E-state index is 8.96. The topological polar surface area (TPSA) is 71.9 Å². The molecule has 4 nitrogen and oxygen atoms in total. The third kappa shape index (κ3) is 2.15. The molecule has 1 aromatic rings. The van der Waals surface area contributed by atoms with Crippen LogP contribution in [0.4, 0.5) is 5.82 Å². The Kier molecular flexibility index (Phi) is 3.07. The molecule has 1 heterocycles. The molecule has 0 atom stereocenters. The highest BCUT2D eigenvalue weighted by molar-refractivity contribution is 5.43. The number of aromatic nitrogens is 1. The second-order valence-corrected chi connectivity index (χ2v) is 4.28. The van der Waals surface area contributed by atoms with E-state index in [0.29, 0.717) is 23.4 Å². The molecule has 0 amide bonds. The number of anilines is 1. The summed E-state index contributed by atoms with van der Waals surface area (Å²) in [5, 5.41) is 8.96. The largest absolute Gasteiger partial charge is 0.384 e. The lowest BCUT2D eigenvalue weighted by atomic mass is 9.78. The minimum absolute atomic E-state index is 0.398. The Morgan fingerprint density at radius 1 is 1.62 bits per heavy atom. The van der Waals surface area contributed by atoms with Gasteiger partial charge in [0.2, 0.25) is 0 Å². The van der Waals surface area contributed by atoms with Crippen molar-refractivity contribution in [1.29, 1.82) is 5.26 Å². The number of hydrogen-bond acceptors (Lipinski definition) is 4. The van der Waals surface area contributed by atoms with Crippen LogP contribution in [-0.2, 0) is 11.2 Å². The van der Waals surface area contributed by atoms with E-state index in [9.17, 15) is 0 Å². The van der Waals surface area contributed by atoms with Crippen LogP contribution in [0.15, 0.2) is 12.3 Å². The monoisotopic (exact) mass is 217 g/mol. The van der Waals surface area contributed by atoms with Crippen molar-refractivity contribution in [3.63, 3.8) is 0 Å². The van der Waals surface area contributed by atoms with Gasteiger partial charge in [-0.05, 0) is 36.8 Å². The van der Waals surface area contributed by atoms with Crippen molar-refractivity contribution >= 4 is 5.82 Å². The number of nitrogens with zero attached hydrogens (tertiary/aromatic N) is 2. The van der Waals surface area contributed by atoms with E-state index < -0.39 is 0 Å². The molecule has 0 aliphatic heterocycles. The lowest BCUT2D eigenvalue weighted by molar-refractivity contribution is 0.00143. The van der Waals surface area contributed by atoms with Crippen LogP contribution < -0.4 is 5.73 Å². The fraction of sp³-hybridized carbons (Fsp3) is 0.500. The molecule has 0 bridgehead atoms. The molecule has 1 saturated carbocycles. The zero-order valence-corrected chi connectivity index (χ0v) is 9.31. The SMILES string of the molecule is COC1CC(Cc2cc(N)ncc2C#N)C1. The summed E-state index contributed by atoms with van der Waals surface area (Å²) in [7, 11) is 1.74. The number of rotatable bonds is 3. The summed E-state index contributed by atoms with van der Waals surface area (Å²) in [5.74, 6) is 1.09. The van der Waals surface area contributed by atoms with Crippen molar-refractivity contribution in [2.24, 2.45) is 5.92 Å². The molecule has 84 valence electrons. The van der Waals surface area contributed by atoms with Gasteiger partial charge in [0, 0.05) is 13.3 Å². The van der Waals surface area contributed by atoms with Crippen LogP contribution in [0.1, 0.15) is 24.0 Å². The number of hydrogen-bond donors (Lipinski definition) is 1. The first-order valence-electron chi connectivity index (χ1n) is 5.40. The quantitative estimate of drug-likeness (QED) is 0.832. The van der Waals surface area contributed by atoms with Gasteiger partial charge in [0.05, 0.1) is 11.7 Å². The fourth-order valence-electron chi connectivity index (χ4n) is 2.13. The molecule has 1 aliphatic carbocycles. The predicted molar refractivity (Wildman–Crippen MR) is 60.6 cm³/mol. The molecule has 0 aromatic carbocycles. The first-order valence-corrected chi connectivity index (χ1v) is 5.40. The van der Waals surface area contributed by atoms with Crippen LogP contribution in [-0.4, -0.2) is 18.2 Å². The summed E-state index contributed by atoms with van der Waals surface area (Å²) in [6.45, 7) is 0.